The second-order valence-corrected chi connectivity index (χ2v) is 11.7. The molecule has 0 spiro atoms. The number of halogens is 1. The predicted molar refractivity (Wildman–Crippen MR) is 189 cm³/mol. The Hall–Kier alpha value is -6.16. The number of carbonyl (C=O) groups is 3. The Balaban J connectivity index is 1.34. The topological polar surface area (TPSA) is 112 Å². The molecular formula is C40H37FN2O7. The summed E-state index contributed by atoms with van der Waals surface area (Å²) in [6, 6.07) is 29.9. The van der Waals surface area contributed by atoms with Gasteiger partial charge in [-0.2, -0.15) is 0 Å². The van der Waals surface area contributed by atoms with E-state index < -0.39 is 11.9 Å². The molecular weight excluding hydrogens is 639 g/mol. The second kappa shape index (κ2) is 16.3. The van der Waals surface area contributed by atoms with Gasteiger partial charge in [0.05, 0.1) is 30.2 Å². The molecule has 0 atom stereocenters. The van der Waals surface area contributed by atoms with Gasteiger partial charge in [0.25, 0.3) is 11.8 Å². The minimum absolute atomic E-state index is 0.0518. The lowest BCUT2D eigenvalue weighted by atomic mass is 10.1. The minimum atomic E-state index is -0.579. The second-order valence-electron chi connectivity index (χ2n) is 11.7. The summed E-state index contributed by atoms with van der Waals surface area (Å²) in [6.07, 6.45) is -0.265. The highest BCUT2D eigenvalue weighted by molar-refractivity contribution is 6.08. The van der Waals surface area contributed by atoms with Crippen molar-refractivity contribution in [1.29, 1.82) is 0 Å². The van der Waals surface area contributed by atoms with Crippen LogP contribution in [-0.4, -0.2) is 31.0 Å². The Kier molecular flexibility index (Phi) is 11.5. The number of benzene rings is 5. The van der Waals surface area contributed by atoms with Gasteiger partial charge in [-0.1, -0.05) is 48.5 Å². The number of amides is 2. The number of hydrogen-bond acceptors (Lipinski definition) is 7. The lowest BCUT2D eigenvalue weighted by molar-refractivity contribution is 0.0600. The maximum absolute atomic E-state index is 13.5. The van der Waals surface area contributed by atoms with E-state index in [4.69, 9.17) is 18.9 Å². The Morgan fingerprint density at radius 3 is 1.78 bits per heavy atom. The molecule has 0 aliphatic heterocycles. The molecule has 0 aromatic heterocycles. The van der Waals surface area contributed by atoms with Gasteiger partial charge in [-0.3, -0.25) is 9.59 Å². The summed E-state index contributed by atoms with van der Waals surface area (Å²) in [6.45, 7) is 6.00. The summed E-state index contributed by atoms with van der Waals surface area (Å²) >= 11 is 0. The molecule has 2 N–H and O–H groups in total. The summed E-state index contributed by atoms with van der Waals surface area (Å²) in [5, 5.41) is 5.72. The molecule has 50 heavy (non-hydrogen) atoms. The van der Waals surface area contributed by atoms with E-state index in [0.717, 1.165) is 11.1 Å². The Labute approximate surface area is 290 Å². The fraction of sp³-hybridized carbons (Fsp3) is 0.175. The molecule has 0 bridgehead atoms. The van der Waals surface area contributed by atoms with Crippen molar-refractivity contribution in [2.24, 2.45) is 0 Å². The van der Waals surface area contributed by atoms with Gasteiger partial charge in [0.15, 0.2) is 0 Å². The first kappa shape index (κ1) is 35.2. The zero-order valence-electron chi connectivity index (χ0n) is 28.1. The number of hydrogen-bond donors (Lipinski definition) is 2. The third-order valence-corrected chi connectivity index (χ3v) is 7.50. The van der Waals surface area contributed by atoms with Crippen LogP contribution in [0.4, 0.5) is 15.8 Å². The third kappa shape index (κ3) is 9.25. The highest BCUT2D eigenvalue weighted by Crippen LogP contribution is 2.31. The van der Waals surface area contributed by atoms with Crippen LogP contribution in [0, 0.1) is 12.7 Å². The van der Waals surface area contributed by atoms with Crippen molar-refractivity contribution in [3.63, 3.8) is 0 Å². The first-order chi connectivity index (χ1) is 24.1. The van der Waals surface area contributed by atoms with Crippen LogP contribution in [0.1, 0.15) is 61.6 Å². The number of anilines is 2. The maximum atomic E-state index is 13.5. The highest BCUT2D eigenvalue weighted by Gasteiger charge is 2.18. The Morgan fingerprint density at radius 1 is 0.640 bits per heavy atom. The van der Waals surface area contributed by atoms with Crippen LogP contribution in [0.2, 0.25) is 0 Å². The first-order valence-electron chi connectivity index (χ1n) is 15.9. The first-order valence-corrected chi connectivity index (χ1v) is 15.9. The third-order valence-electron chi connectivity index (χ3n) is 7.50. The monoisotopic (exact) mass is 676 g/mol. The number of aryl methyl sites for hydroxylation is 1. The van der Waals surface area contributed by atoms with Crippen molar-refractivity contribution in [1.82, 2.24) is 0 Å². The molecule has 0 radical (unpaired) electrons. The molecule has 0 unspecified atom stereocenters. The lowest BCUT2D eigenvalue weighted by Gasteiger charge is -2.17. The number of esters is 1. The molecule has 10 heteroatoms. The van der Waals surface area contributed by atoms with E-state index >= 15 is 0 Å². The number of rotatable bonds is 13. The van der Waals surface area contributed by atoms with Gasteiger partial charge in [0, 0.05) is 11.1 Å². The van der Waals surface area contributed by atoms with Gasteiger partial charge in [-0.15, -0.1) is 0 Å². The molecule has 256 valence electrons. The van der Waals surface area contributed by atoms with Crippen molar-refractivity contribution in [2.75, 3.05) is 17.7 Å². The molecule has 0 saturated carbocycles. The molecule has 5 aromatic rings. The van der Waals surface area contributed by atoms with E-state index in [-0.39, 0.29) is 47.0 Å². The van der Waals surface area contributed by atoms with E-state index in [2.05, 4.69) is 10.6 Å². The molecule has 5 aromatic carbocycles. The van der Waals surface area contributed by atoms with Gasteiger partial charge in [-0.25, -0.2) is 9.18 Å². The van der Waals surface area contributed by atoms with Crippen molar-refractivity contribution in [2.45, 2.75) is 40.1 Å². The molecule has 0 fully saturated rings. The van der Waals surface area contributed by atoms with Crippen molar-refractivity contribution >= 4 is 29.2 Å². The molecule has 0 saturated heterocycles. The quantitative estimate of drug-likeness (QED) is 0.121. The summed E-state index contributed by atoms with van der Waals surface area (Å²) in [4.78, 5) is 39.1. The molecule has 0 aliphatic carbocycles. The van der Waals surface area contributed by atoms with Crippen LogP contribution in [0.25, 0.3) is 0 Å². The minimum Gasteiger partial charge on any atom is -0.489 e. The molecule has 9 nitrogen and oxygen atoms in total. The largest absolute Gasteiger partial charge is 0.489 e. The van der Waals surface area contributed by atoms with E-state index in [9.17, 15) is 18.8 Å². The van der Waals surface area contributed by atoms with Crippen LogP contribution in [0.15, 0.2) is 109 Å². The Morgan fingerprint density at radius 2 is 1.16 bits per heavy atom. The van der Waals surface area contributed by atoms with Gasteiger partial charge in [-0.05, 0) is 98.1 Å². The highest BCUT2D eigenvalue weighted by atomic mass is 19.1. The van der Waals surface area contributed by atoms with Crippen LogP contribution in [0.3, 0.4) is 0 Å². The maximum Gasteiger partial charge on any atom is 0.337 e. The van der Waals surface area contributed by atoms with Crippen LogP contribution < -0.4 is 24.8 Å². The van der Waals surface area contributed by atoms with Crippen molar-refractivity contribution < 1.29 is 37.7 Å². The summed E-state index contributed by atoms with van der Waals surface area (Å²) in [5.41, 5.74) is 4.09. The molecule has 0 aliphatic rings. The van der Waals surface area contributed by atoms with E-state index in [1.54, 1.807) is 36.4 Å². The fourth-order valence-electron chi connectivity index (χ4n) is 4.87. The van der Waals surface area contributed by atoms with E-state index in [0.29, 0.717) is 34.9 Å². The zero-order valence-corrected chi connectivity index (χ0v) is 28.1. The Bertz CT molecular complexity index is 1980. The summed E-state index contributed by atoms with van der Waals surface area (Å²) in [7, 11) is 1.26. The zero-order chi connectivity index (χ0) is 35.6. The van der Waals surface area contributed by atoms with Gasteiger partial charge in [0.2, 0.25) is 0 Å². The lowest BCUT2D eigenvalue weighted by Crippen LogP contribution is -2.17. The number of nitrogens with one attached hydrogen (secondary N) is 2. The summed E-state index contributed by atoms with van der Waals surface area (Å²) < 4.78 is 36.2. The molecule has 2 amide bonds. The average molecular weight is 677 g/mol. The van der Waals surface area contributed by atoms with Gasteiger partial charge < -0.3 is 29.6 Å². The number of carbonyl (C=O) groups excluding carboxylic acids is 3. The van der Waals surface area contributed by atoms with Gasteiger partial charge >= 0.3 is 5.97 Å². The standard InChI is InChI=1S/C40H37FN2O7/c1-25(2)50-37-21-30(14-18-34(37)43-38(44)29-13-10-26(3)35(20-29)48-23-27-8-6-5-7-9-27)39(45)42-33-19-15-31(40(46)47-4)22-36(33)49-24-28-11-16-32(41)17-12-28/h5-22,25H,23-24H2,1-4H3,(H,42,45)(H,43,44). The van der Waals surface area contributed by atoms with Crippen LogP contribution in [-0.2, 0) is 18.0 Å². The fourth-order valence-corrected chi connectivity index (χ4v) is 4.87. The SMILES string of the molecule is COC(=O)c1ccc(NC(=O)c2ccc(NC(=O)c3ccc(C)c(OCc4ccccc4)c3)c(OC(C)C)c2)c(OCc2ccc(F)cc2)c1. The predicted octanol–water partition coefficient (Wildman–Crippen LogP) is 8.37. The van der Waals surface area contributed by atoms with Crippen LogP contribution >= 0.6 is 0 Å². The summed E-state index contributed by atoms with van der Waals surface area (Å²) in [5.74, 6) is -0.742. The van der Waals surface area contributed by atoms with Gasteiger partial charge in [0.1, 0.15) is 36.3 Å². The van der Waals surface area contributed by atoms with E-state index in [1.165, 1.54) is 43.5 Å². The van der Waals surface area contributed by atoms with E-state index in [1.807, 2.05) is 57.2 Å². The smallest absolute Gasteiger partial charge is 0.337 e. The molecule has 5 rings (SSSR count). The number of methoxy groups -OCH3 is 1. The normalized spacial score (nSPS) is 10.7. The molecule has 0 heterocycles. The van der Waals surface area contributed by atoms with Crippen LogP contribution in [0.5, 0.6) is 17.2 Å². The average Bonchev–Trinajstić information content (AvgIpc) is 3.12. The van der Waals surface area contributed by atoms with Crippen molar-refractivity contribution in [3.8, 4) is 17.2 Å². The van der Waals surface area contributed by atoms with Crippen molar-refractivity contribution in [3.05, 3.63) is 148 Å². The number of ether oxygens (including phenoxy) is 4.